The minimum Gasteiger partial charge on any atom is -0.486 e. The third-order valence-corrected chi connectivity index (χ3v) is 2.74. The molecule has 2 heterocycles. The van der Waals surface area contributed by atoms with E-state index in [0.29, 0.717) is 24.9 Å². The highest BCUT2D eigenvalue weighted by Gasteiger charge is 2.15. The summed E-state index contributed by atoms with van der Waals surface area (Å²) in [5.74, 6) is 2.70. The van der Waals surface area contributed by atoms with Crippen molar-refractivity contribution in [3.05, 3.63) is 30.3 Å². The molecule has 0 bridgehead atoms. The van der Waals surface area contributed by atoms with Crippen LogP contribution in [0.1, 0.15) is 18.9 Å². The fraction of sp³-hybridized carbons (Fsp3) is 0.308. The smallest absolute Gasteiger partial charge is 0.211 e. The first-order valence-corrected chi connectivity index (χ1v) is 5.85. The zero-order valence-corrected chi connectivity index (χ0v) is 10.1. The number of nitrogens with two attached hydrogens (primary N) is 1. The predicted molar refractivity (Wildman–Crippen MR) is 65.5 cm³/mol. The molecule has 5 nitrogen and oxygen atoms in total. The number of hydrogen-bond acceptors (Lipinski definition) is 5. The van der Waals surface area contributed by atoms with Gasteiger partial charge in [-0.2, -0.15) is 0 Å². The molecule has 2 N–H and O–H groups in total. The normalized spacial score (nSPS) is 15.4. The summed E-state index contributed by atoms with van der Waals surface area (Å²) in [6.45, 7) is 2.99. The summed E-state index contributed by atoms with van der Waals surface area (Å²) in [6, 6.07) is 5.47. The van der Waals surface area contributed by atoms with E-state index in [4.69, 9.17) is 19.6 Å². The lowest BCUT2D eigenvalue weighted by atomic mass is 10.1. The van der Waals surface area contributed by atoms with Crippen LogP contribution in [0, 0.1) is 0 Å². The van der Waals surface area contributed by atoms with E-state index >= 15 is 0 Å². The molecule has 0 saturated carbocycles. The number of rotatable bonds is 2. The Balaban J connectivity index is 1.95. The lowest BCUT2D eigenvalue weighted by Gasteiger charge is -2.18. The van der Waals surface area contributed by atoms with E-state index in [1.807, 2.05) is 25.1 Å². The number of oxazole rings is 1. The SMILES string of the molecule is CC(N)c1ncc(-c2ccc3c(c2)OCCO3)o1. The molecule has 3 rings (SSSR count). The van der Waals surface area contributed by atoms with Crippen LogP contribution >= 0.6 is 0 Å². The maximum absolute atomic E-state index is 5.72. The van der Waals surface area contributed by atoms with Crippen molar-refractivity contribution < 1.29 is 13.9 Å². The fourth-order valence-corrected chi connectivity index (χ4v) is 1.83. The number of fused-ring (bicyclic) bond motifs is 1. The van der Waals surface area contributed by atoms with Gasteiger partial charge in [-0.25, -0.2) is 4.98 Å². The Labute approximate surface area is 105 Å². The van der Waals surface area contributed by atoms with Gasteiger partial charge in [-0.05, 0) is 25.1 Å². The summed E-state index contributed by atoms with van der Waals surface area (Å²) < 4.78 is 16.6. The van der Waals surface area contributed by atoms with Crippen LogP contribution in [-0.4, -0.2) is 18.2 Å². The summed E-state index contributed by atoms with van der Waals surface area (Å²) in [4.78, 5) is 4.14. The summed E-state index contributed by atoms with van der Waals surface area (Å²) in [5.41, 5.74) is 6.62. The zero-order valence-electron chi connectivity index (χ0n) is 10.1. The molecular weight excluding hydrogens is 232 g/mol. The Morgan fingerprint density at radius 3 is 2.72 bits per heavy atom. The second-order valence-electron chi connectivity index (χ2n) is 4.21. The van der Waals surface area contributed by atoms with Gasteiger partial charge < -0.3 is 19.6 Å². The van der Waals surface area contributed by atoms with Gasteiger partial charge in [0.1, 0.15) is 13.2 Å². The molecule has 1 aromatic heterocycles. The van der Waals surface area contributed by atoms with Gasteiger partial charge in [-0.3, -0.25) is 0 Å². The van der Waals surface area contributed by atoms with Gasteiger partial charge in [-0.15, -0.1) is 0 Å². The Bertz CT molecular complexity index is 563. The van der Waals surface area contributed by atoms with Crippen molar-refractivity contribution in [2.75, 3.05) is 13.2 Å². The Hall–Kier alpha value is -2.01. The minimum atomic E-state index is -0.212. The molecule has 0 aliphatic carbocycles. The average Bonchev–Trinajstić information content (AvgIpc) is 2.88. The van der Waals surface area contributed by atoms with Crippen molar-refractivity contribution in [3.8, 4) is 22.8 Å². The molecule has 94 valence electrons. The lowest BCUT2D eigenvalue weighted by Crippen LogP contribution is -2.15. The average molecular weight is 246 g/mol. The van der Waals surface area contributed by atoms with Crippen LogP contribution in [0.25, 0.3) is 11.3 Å². The second kappa shape index (κ2) is 4.34. The van der Waals surface area contributed by atoms with Crippen molar-refractivity contribution >= 4 is 0 Å². The monoisotopic (exact) mass is 246 g/mol. The molecule has 1 aromatic carbocycles. The fourth-order valence-electron chi connectivity index (χ4n) is 1.83. The van der Waals surface area contributed by atoms with E-state index in [-0.39, 0.29) is 6.04 Å². The van der Waals surface area contributed by atoms with Crippen LogP contribution in [0.4, 0.5) is 0 Å². The summed E-state index contributed by atoms with van der Waals surface area (Å²) in [6.07, 6.45) is 1.67. The van der Waals surface area contributed by atoms with Crippen LogP contribution in [0.3, 0.4) is 0 Å². The van der Waals surface area contributed by atoms with E-state index in [0.717, 1.165) is 17.1 Å². The molecule has 1 aliphatic rings. The Kier molecular flexibility index (Phi) is 2.68. The molecule has 0 spiro atoms. The third-order valence-electron chi connectivity index (χ3n) is 2.74. The van der Waals surface area contributed by atoms with Gasteiger partial charge in [0.15, 0.2) is 17.3 Å². The maximum Gasteiger partial charge on any atom is 0.211 e. The van der Waals surface area contributed by atoms with Gasteiger partial charge in [0, 0.05) is 5.56 Å². The van der Waals surface area contributed by atoms with Crippen LogP contribution in [0.5, 0.6) is 11.5 Å². The minimum absolute atomic E-state index is 0.212. The number of benzene rings is 1. The van der Waals surface area contributed by atoms with Crippen molar-refractivity contribution in [1.82, 2.24) is 4.98 Å². The highest BCUT2D eigenvalue weighted by Crippen LogP contribution is 2.34. The zero-order chi connectivity index (χ0) is 12.5. The Morgan fingerprint density at radius 1 is 1.22 bits per heavy atom. The molecule has 1 unspecified atom stereocenters. The van der Waals surface area contributed by atoms with Crippen molar-refractivity contribution in [3.63, 3.8) is 0 Å². The van der Waals surface area contributed by atoms with Crippen LogP contribution < -0.4 is 15.2 Å². The quantitative estimate of drug-likeness (QED) is 0.879. The highest BCUT2D eigenvalue weighted by molar-refractivity contribution is 5.62. The molecular formula is C13H14N2O3. The van der Waals surface area contributed by atoms with Crippen molar-refractivity contribution in [1.29, 1.82) is 0 Å². The predicted octanol–water partition coefficient (Wildman–Crippen LogP) is 2.13. The molecule has 0 fully saturated rings. The molecule has 1 aliphatic heterocycles. The number of hydrogen-bond donors (Lipinski definition) is 1. The Morgan fingerprint density at radius 2 is 2.00 bits per heavy atom. The van der Waals surface area contributed by atoms with Gasteiger partial charge in [-0.1, -0.05) is 0 Å². The van der Waals surface area contributed by atoms with Crippen LogP contribution in [-0.2, 0) is 0 Å². The van der Waals surface area contributed by atoms with E-state index in [1.165, 1.54) is 0 Å². The molecule has 2 aromatic rings. The van der Waals surface area contributed by atoms with Crippen molar-refractivity contribution in [2.24, 2.45) is 5.73 Å². The van der Waals surface area contributed by atoms with Gasteiger partial charge in [0.2, 0.25) is 5.89 Å². The van der Waals surface area contributed by atoms with Gasteiger partial charge in [0.25, 0.3) is 0 Å². The van der Waals surface area contributed by atoms with Crippen molar-refractivity contribution in [2.45, 2.75) is 13.0 Å². The summed E-state index contributed by atoms with van der Waals surface area (Å²) >= 11 is 0. The molecule has 0 amide bonds. The summed E-state index contributed by atoms with van der Waals surface area (Å²) in [5, 5.41) is 0. The standard InChI is InChI=1S/C13H14N2O3/c1-8(14)13-15-7-12(18-13)9-2-3-10-11(6-9)17-5-4-16-10/h2-3,6-8H,4-5,14H2,1H3. The first-order valence-electron chi connectivity index (χ1n) is 5.85. The first-order chi connectivity index (χ1) is 8.74. The molecule has 5 heteroatoms. The molecule has 0 saturated heterocycles. The molecule has 1 atom stereocenters. The number of ether oxygens (including phenoxy) is 2. The largest absolute Gasteiger partial charge is 0.486 e. The topological polar surface area (TPSA) is 70.5 Å². The molecule has 18 heavy (non-hydrogen) atoms. The van der Waals surface area contributed by atoms with Crippen LogP contribution in [0.15, 0.2) is 28.8 Å². The number of nitrogens with zero attached hydrogens (tertiary/aromatic N) is 1. The maximum atomic E-state index is 5.72. The van der Waals surface area contributed by atoms with Gasteiger partial charge >= 0.3 is 0 Å². The van der Waals surface area contributed by atoms with E-state index in [2.05, 4.69) is 4.98 Å². The van der Waals surface area contributed by atoms with E-state index < -0.39 is 0 Å². The first kappa shape index (κ1) is 11.1. The van der Waals surface area contributed by atoms with E-state index in [9.17, 15) is 0 Å². The van der Waals surface area contributed by atoms with Crippen LogP contribution in [0.2, 0.25) is 0 Å². The summed E-state index contributed by atoms with van der Waals surface area (Å²) in [7, 11) is 0. The van der Waals surface area contributed by atoms with Gasteiger partial charge in [0.05, 0.1) is 12.2 Å². The lowest BCUT2D eigenvalue weighted by molar-refractivity contribution is 0.171. The third kappa shape index (κ3) is 1.93. The van der Waals surface area contributed by atoms with E-state index in [1.54, 1.807) is 6.20 Å². The highest BCUT2D eigenvalue weighted by atomic mass is 16.6. The number of aromatic nitrogens is 1. The molecule has 0 radical (unpaired) electrons. The second-order valence-corrected chi connectivity index (χ2v) is 4.21.